The topological polar surface area (TPSA) is 24.1 Å². The molecule has 0 spiro atoms. The van der Waals surface area contributed by atoms with Crippen LogP contribution in [0.1, 0.15) is 19.8 Å². The zero-order valence-corrected chi connectivity index (χ0v) is 7.53. The molecule has 0 fully saturated rings. The molecule has 0 unspecified atom stereocenters. The molecule has 0 heterocycles. The predicted molar refractivity (Wildman–Crippen MR) is 50.8 cm³/mol. The van der Waals surface area contributed by atoms with E-state index in [2.05, 4.69) is 24.1 Å². The average molecular weight is 156 g/mol. The summed E-state index contributed by atoms with van der Waals surface area (Å²) >= 11 is 0. The van der Waals surface area contributed by atoms with Crippen LogP contribution in [-0.4, -0.2) is 26.2 Å². The maximum atomic E-state index is 3.63. The number of nitrogens with one attached hydrogen (secondary N) is 2. The van der Waals surface area contributed by atoms with Gasteiger partial charge in [0.1, 0.15) is 0 Å². The quantitative estimate of drug-likeness (QED) is 0.407. The number of hydrogen-bond acceptors (Lipinski definition) is 2. The van der Waals surface area contributed by atoms with Crippen molar-refractivity contribution in [2.24, 2.45) is 0 Å². The Bertz CT molecular complexity index is 81.6. The smallest absolute Gasteiger partial charge is 0.0132 e. The van der Waals surface area contributed by atoms with E-state index >= 15 is 0 Å². The van der Waals surface area contributed by atoms with Gasteiger partial charge in [0.05, 0.1) is 0 Å². The van der Waals surface area contributed by atoms with Crippen LogP contribution in [0.5, 0.6) is 0 Å². The summed E-state index contributed by atoms with van der Waals surface area (Å²) in [5.74, 6) is 0. The minimum Gasteiger partial charge on any atom is -0.317 e. The van der Waals surface area contributed by atoms with Crippen LogP contribution in [0, 0.1) is 0 Å². The lowest BCUT2D eigenvalue weighted by Crippen LogP contribution is -2.22. The Kier molecular flexibility index (Phi) is 9.36. The van der Waals surface area contributed by atoms with Gasteiger partial charge in [-0.15, -0.1) is 6.58 Å². The lowest BCUT2D eigenvalue weighted by Gasteiger charge is -2.02. The fraction of sp³-hybridized carbons (Fsp3) is 0.778. The van der Waals surface area contributed by atoms with Gasteiger partial charge in [-0.3, -0.25) is 0 Å². The van der Waals surface area contributed by atoms with Crippen LogP contribution in [0.15, 0.2) is 12.7 Å². The summed E-state index contributed by atoms with van der Waals surface area (Å²) in [6.45, 7) is 10.1. The molecule has 0 bridgehead atoms. The number of hydrogen-bond donors (Lipinski definition) is 2. The molecule has 0 aromatic carbocycles. The van der Waals surface area contributed by atoms with Crippen molar-refractivity contribution >= 4 is 0 Å². The van der Waals surface area contributed by atoms with Crippen molar-refractivity contribution in [2.75, 3.05) is 26.2 Å². The molecule has 0 aliphatic heterocycles. The van der Waals surface area contributed by atoms with Crippen LogP contribution >= 0.6 is 0 Å². The first kappa shape index (κ1) is 10.7. The Morgan fingerprint density at radius 2 is 1.91 bits per heavy atom. The fourth-order valence-corrected chi connectivity index (χ4v) is 0.844. The third-order valence-corrected chi connectivity index (χ3v) is 1.42. The second-order valence-corrected chi connectivity index (χ2v) is 2.60. The molecule has 0 aromatic rings. The first-order valence-electron chi connectivity index (χ1n) is 4.44. The molecule has 2 nitrogen and oxygen atoms in total. The van der Waals surface area contributed by atoms with Gasteiger partial charge in [-0.1, -0.05) is 13.0 Å². The highest BCUT2D eigenvalue weighted by molar-refractivity contribution is 4.69. The summed E-state index contributed by atoms with van der Waals surface area (Å²) in [7, 11) is 0. The van der Waals surface area contributed by atoms with E-state index in [1.807, 2.05) is 6.08 Å². The van der Waals surface area contributed by atoms with E-state index in [1.165, 1.54) is 12.8 Å². The summed E-state index contributed by atoms with van der Waals surface area (Å²) in [5, 5.41) is 6.60. The predicted octanol–water partition coefficient (Wildman–Crippen LogP) is 1.15. The van der Waals surface area contributed by atoms with Gasteiger partial charge >= 0.3 is 0 Å². The third-order valence-electron chi connectivity index (χ3n) is 1.42. The molecule has 11 heavy (non-hydrogen) atoms. The highest BCUT2D eigenvalue weighted by Crippen LogP contribution is 1.75. The minimum absolute atomic E-state index is 0.924. The first-order valence-corrected chi connectivity index (χ1v) is 4.44. The van der Waals surface area contributed by atoms with Crippen molar-refractivity contribution in [1.29, 1.82) is 0 Å². The first-order chi connectivity index (χ1) is 5.41. The van der Waals surface area contributed by atoms with Crippen molar-refractivity contribution in [3.8, 4) is 0 Å². The molecule has 0 atom stereocenters. The summed E-state index contributed by atoms with van der Waals surface area (Å²) in [6, 6.07) is 0. The molecule has 0 rings (SSSR count). The van der Waals surface area contributed by atoms with E-state index in [0.717, 1.165) is 26.2 Å². The highest BCUT2D eigenvalue weighted by atomic mass is 14.9. The van der Waals surface area contributed by atoms with Crippen LogP contribution in [0.3, 0.4) is 0 Å². The Morgan fingerprint density at radius 3 is 2.55 bits per heavy atom. The molecular weight excluding hydrogens is 136 g/mol. The molecule has 0 saturated heterocycles. The summed E-state index contributed by atoms with van der Waals surface area (Å²) < 4.78 is 0. The monoisotopic (exact) mass is 156 g/mol. The Balaban J connectivity index is 2.74. The van der Waals surface area contributed by atoms with E-state index in [9.17, 15) is 0 Å². The van der Waals surface area contributed by atoms with Crippen molar-refractivity contribution in [3.63, 3.8) is 0 Å². The fourth-order valence-electron chi connectivity index (χ4n) is 0.844. The molecule has 0 amide bonds. The van der Waals surface area contributed by atoms with Crippen molar-refractivity contribution in [2.45, 2.75) is 19.8 Å². The highest BCUT2D eigenvalue weighted by Gasteiger charge is 1.85. The summed E-state index contributed by atoms with van der Waals surface area (Å²) in [5.41, 5.74) is 0. The van der Waals surface area contributed by atoms with Crippen molar-refractivity contribution < 1.29 is 0 Å². The van der Waals surface area contributed by atoms with E-state index in [1.54, 1.807) is 0 Å². The van der Waals surface area contributed by atoms with Gasteiger partial charge in [0.2, 0.25) is 0 Å². The van der Waals surface area contributed by atoms with Crippen molar-refractivity contribution in [1.82, 2.24) is 10.6 Å². The molecule has 2 heteroatoms. The van der Waals surface area contributed by atoms with E-state index in [0.29, 0.717) is 0 Å². The van der Waals surface area contributed by atoms with Gasteiger partial charge in [0.15, 0.2) is 0 Å². The standard InChI is InChI=1S/C9H20N2/c1-3-6-10-8-5-9-11-7-4-2/h3,10-11H,1,4-9H2,2H3. The van der Waals surface area contributed by atoms with Gasteiger partial charge in [-0.05, 0) is 32.5 Å². The Hall–Kier alpha value is -0.340. The minimum atomic E-state index is 0.924. The Labute approximate surface area is 70.1 Å². The maximum Gasteiger partial charge on any atom is 0.0132 e. The molecule has 66 valence electrons. The second kappa shape index (κ2) is 9.66. The SMILES string of the molecule is C=CCNCCCNCCC. The van der Waals surface area contributed by atoms with Crippen LogP contribution in [0.25, 0.3) is 0 Å². The molecule has 0 saturated carbocycles. The van der Waals surface area contributed by atoms with Gasteiger partial charge < -0.3 is 10.6 Å². The average Bonchev–Trinajstić information content (AvgIpc) is 2.03. The summed E-state index contributed by atoms with van der Waals surface area (Å²) in [6.07, 6.45) is 4.31. The maximum absolute atomic E-state index is 3.63. The van der Waals surface area contributed by atoms with E-state index < -0.39 is 0 Å². The molecular formula is C9H20N2. The van der Waals surface area contributed by atoms with Crippen LogP contribution in [-0.2, 0) is 0 Å². The molecule has 0 aliphatic rings. The Morgan fingerprint density at radius 1 is 1.18 bits per heavy atom. The molecule has 0 aromatic heterocycles. The lowest BCUT2D eigenvalue weighted by atomic mass is 10.4. The van der Waals surface area contributed by atoms with Crippen LogP contribution in [0.4, 0.5) is 0 Å². The molecule has 0 aliphatic carbocycles. The van der Waals surface area contributed by atoms with E-state index in [4.69, 9.17) is 0 Å². The number of rotatable bonds is 8. The normalized spacial score (nSPS) is 9.91. The zero-order valence-electron chi connectivity index (χ0n) is 7.53. The van der Waals surface area contributed by atoms with Gasteiger partial charge in [0.25, 0.3) is 0 Å². The zero-order chi connectivity index (χ0) is 8.36. The van der Waals surface area contributed by atoms with Crippen LogP contribution < -0.4 is 10.6 Å². The second-order valence-electron chi connectivity index (χ2n) is 2.60. The van der Waals surface area contributed by atoms with Crippen molar-refractivity contribution in [3.05, 3.63) is 12.7 Å². The van der Waals surface area contributed by atoms with E-state index in [-0.39, 0.29) is 0 Å². The molecule has 2 N–H and O–H groups in total. The van der Waals surface area contributed by atoms with Gasteiger partial charge in [0, 0.05) is 6.54 Å². The largest absolute Gasteiger partial charge is 0.317 e. The van der Waals surface area contributed by atoms with Gasteiger partial charge in [-0.25, -0.2) is 0 Å². The third kappa shape index (κ3) is 9.66. The summed E-state index contributed by atoms with van der Waals surface area (Å²) in [4.78, 5) is 0. The molecule has 0 radical (unpaired) electrons. The lowest BCUT2D eigenvalue weighted by molar-refractivity contribution is 0.609. The van der Waals surface area contributed by atoms with Crippen LogP contribution in [0.2, 0.25) is 0 Å². The van der Waals surface area contributed by atoms with Gasteiger partial charge in [-0.2, -0.15) is 0 Å².